The number of fused-ring (bicyclic) bond motifs is 1. The Morgan fingerprint density at radius 1 is 1.38 bits per heavy atom. The molecule has 1 aliphatic heterocycles. The maximum absolute atomic E-state index is 11.7. The third-order valence-electron chi connectivity index (χ3n) is 4.88. The summed E-state index contributed by atoms with van der Waals surface area (Å²) in [6.07, 6.45) is 5.83. The zero-order valence-electron chi connectivity index (χ0n) is 15.6. The molecule has 1 aliphatic rings. The first-order valence-corrected chi connectivity index (χ1v) is 9.10. The minimum absolute atomic E-state index is 0. The Hall–Kier alpha value is -1.70. The minimum Gasteiger partial charge on any atom is -0.354 e. The van der Waals surface area contributed by atoms with E-state index in [2.05, 4.69) is 37.6 Å². The van der Waals surface area contributed by atoms with Crippen LogP contribution in [-0.2, 0) is 11.3 Å². The summed E-state index contributed by atoms with van der Waals surface area (Å²) in [6.45, 7) is 7.03. The van der Waals surface area contributed by atoms with Gasteiger partial charge in [0.15, 0.2) is 0 Å². The number of aryl methyl sites for hydroxylation is 2. The first kappa shape index (κ1) is 20.6. The highest BCUT2D eigenvalue weighted by atomic mass is 35.5. The number of nitrogens with zero attached hydrogens (tertiary/aromatic N) is 4. The van der Waals surface area contributed by atoms with Crippen LogP contribution in [-0.4, -0.2) is 50.9 Å². The van der Waals surface area contributed by atoms with Gasteiger partial charge in [-0.05, 0) is 39.3 Å². The molecular weight excluding hydrogens is 352 g/mol. The van der Waals surface area contributed by atoms with Crippen LogP contribution < -0.4 is 11.1 Å². The fraction of sp³-hybridized carbons (Fsp3) is 0.611. The molecule has 2 aromatic heterocycles. The number of nitrogens with one attached hydrogen (secondary N) is 1. The van der Waals surface area contributed by atoms with E-state index >= 15 is 0 Å². The van der Waals surface area contributed by atoms with Crippen molar-refractivity contribution in [3.8, 4) is 0 Å². The van der Waals surface area contributed by atoms with Crippen LogP contribution in [0.1, 0.15) is 42.8 Å². The molecule has 0 aromatic carbocycles. The third-order valence-corrected chi connectivity index (χ3v) is 4.88. The van der Waals surface area contributed by atoms with E-state index in [0.29, 0.717) is 25.6 Å². The largest absolute Gasteiger partial charge is 0.354 e. The number of rotatable bonds is 6. The molecule has 0 radical (unpaired) electrons. The topological polar surface area (TPSA) is 88.5 Å². The second-order valence-corrected chi connectivity index (χ2v) is 6.89. The summed E-state index contributed by atoms with van der Waals surface area (Å²) in [6, 6.07) is 2.44. The van der Waals surface area contributed by atoms with E-state index in [0.717, 1.165) is 42.4 Å². The van der Waals surface area contributed by atoms with Crippen LogP contribution in [0.25, 0.3) is 5.78 Å². The standard InChI is InChI=1S/C18H28N6O.ClH/c1-13-9-14(2)24-16(11-21-18(24)22-13)12-23-8-4-3-5-15(23)10-20-17(25)6-7-19;/h9,11,15H,3-8,10,12,19H2,1-2H3,(H,20,25);1H. The number of amides is 1. The summed E-state index contributed by atoms with van der Waals surface area (Å²) < 4.78 is 2.13. The second-order valence-electron chi connectivity index (χ2n) is 6.89. The summed E-state index contributed by atoms with van der Waals surface area (Å²) >= 11 is 0. The number of carbonyl (C=O) groups excluding carboxylic acids is 1. The first-order valence-electron chi connectivity index (χ1n) is 9.10. The van der Waals surface area contributed by atoms with E-state index in [1.807, 2.05) is 13.1 Å². The van der Waals surface area contributed by atoms with Crippen molar-refractivity contribution < 1.29 is 4.79 Å². The van der Waals surface area contributed by atoms with E-state index in [1.165, 1.54) is 12.8 Å². The van der Waals surface area contributed by atoms with Crippen LogP contribution >= 0.6 is 12.4 Å². The summed E-state index contributed by atoms with van der Waals surface area (Å²) in [7, 11) is 0. The van der Waals surface area contributed by atoms with Crippen LogP contribution in [0.3, 0.4) is 0 Å². The molecule has 1 atom stereocenters. The van der Waals surface area contributed by atoms with Gasteiger partial charge in [0.05, 0.1) is 11.9 Å². The molecule has 0 saturated carbocycles. The first-order chi connectivity index (χ1) is 12.1. The third kappa shape index (κ3) is 4.72. The SMILES string of the molecule is Cc1cc(C)n2c(CN3CCCCC3CNC(=O)CCN)cnc2n1.Cl. The minimum atomic E-state index is 0. The van der Waals surface area contributed by atoms with Crippen molar-refractivity contribution in [3.05, 3.63) is 29.3 Å². The fourth-order valence-corrected chi connectivity index (χ4v) is 3.67. The van der Waals surface area contributed by atoms with Crippen LogP contribution in [0.15, 0.2) is 12.3 Å². The predicted molar refractivity (Wildman–Crippen MR) is 104 cm³/mol. The average molecular weight is 381 g/mol. The lowest BCUT2D eigenvalue weighted by molar-refractivity contribution is -0.121. The van der Waals surface area contributed by atoms with Crippen molar-refractivity contribution in [2.24, 2.45) is 5.73 Å². The Balaban J connectivity index is 0.00000243. The molecule has 3 heterocycles. The average Bonchev–Trinajstić information content (AvgIpc) is 2.97. The molecule has 0 spiro atoms. The van der Waals surface area contributed by atoms with E-state index in [9.17, 15) is 4.79 Å². The van der Waals surface area contributed by atoms with Gasteiger partial charge >= 0.3 is 0 Å². The van der Waals surface area contributed by atoms with Gasteiger partial charge < -0.3 is 11.1 Å². The maximum Gasteiger partial charge on any atom is 0.234 e. The van der Waals surface area contributed by atoms with Crippen molar-refractivity contribution >= 4 is 24.1 Å². The Bertz CT molecular complexity index is 747. The molecule has 7 nitrogen and oxygen atoms in total. The number of imidazole rings is 1. The molecule has 1 saturated heterocycles. The highest BCUT2D eigenvalue weighted by Gasteiger charge is 2.24. The van der Waals surface area contributed by atoms with Gasteiger partial charge in [-0.3, -0.25) is 14.1 Å². The fourth-order valence-electron chi connectivity index (χ4n) is 3.67. The van der Waals surface area contributed by atoms with Gasteiger partial charge in [-0.2, -0.15) is 0 Å². The molecule has 26 heavy (non-hydrogen) atoms. The number of nitrogens with two attached hydrogens (primary N) is 1. The number of halogens is 1. The van der Waals surface area contributed by atoms with Crippen LogP contribution in [0, 0.1) is 13.8 Å². The Morgan fingerprint density at radius 3 is 2.96 bits per heavy atom. The van der Waals surface area contributed by atoms with Gasteiger partial charge in [0.25, 0.3) is 0 Å². The van der Waals surface area contributed by atoms with Gasteiger partial charge in [0.2, 0.25) is 11.7 Å². The number of hydrogen-bond donors (Lipinski definition) is 2. The van der Waals surface area contributed by atoms with Crippen molar-refractivity contribution in [2.75, 3.05) is 19.6 Å². The molecule has 1 amide bonds. The van der Waals surface area contributed by atoms with Crippen molar-refractivity contribution in [1.82, 2.24) is 24.6 Å². The second kappa shape index (κ2) is 9.30. The molecule has 0 bridgehead atoms. The smallest absolute Gasteiger partial charge is 0.234 e. The van der Waals surface area contributed by atoms with E-state index in [-0.39, 0.29) is 18.3 Å². The Labute approximate surface area is 160 Å². The highest BCUT2D eigenvalue weighted by Crippen LogP contribution is 2.20. The Kier molecular flexibility index (Phi) is 7.37. The van der Waals surface area contributed by atoms with Crippen LogP contribution in [0.2, 0.25) is 0 Å². The number of aromatic nitrogens is 3. The lowest BCUT2D eigenvalue weighted by atomic mass is 10.0. The highest BCUT2D eigenvalue weighted by molar-refractivity contribution is 5.85. The predicted octanol–water partition coefficient (Wildman–Crippen LogP) is 1.59. The van der Waals surface area contributed by atoms with Gasteiger partial charge in [-0.25, -0.2) is 9.97 Å². The number of carbonyl (C=O) groups is 1. The number of piperidine rings is 1. The van der Waals surface area contributed by atoms with Crippen molar-refractivity contribution in [2.45, 2.75) is 52.1 Å². The van der Waals surface area contributed by atoms with Gasteiger partial charge in [-0.15, -0.1) is 12.4 Å². The van der Waals surface area contributed by atoms with Gasteiger partial charge in [0, 0.05) is 43.5 Å². The van der Waals surface area contributed by atoms with E-state index in [1.54, 1.807) is 0 Å². The van der Waals surface area contributed by atoms with E-state index < -0.39 is 0 Å². The van der Waals surface area contributed by atoms with Gasteiger partial charge in [-0.1, -0.05) is 6.42 Å². The molecule has 8 heteroatoms. The Morgan fingerprint density at radius 2 is 2.19 bits per heavy atom. The lowest BCUT2D eigenvalue weighted by Crippen LogP contribution is -2.46. The molecule has 2 aromatic rings. The van der Waals surface area contributed by atoms with Gasteiger partial charge in [0.1, 0.15) is 0 Å². The molecule has 3 N–H and O–H groups in total. The normalized spacial score (nSPS) is 17.9. The van der Waals surface area contributed by atoms with Crippen molar-refractivity contribution in [3.63, 3.8) is 0 Å². The molecule has 3 rings (SSSR count). The lowest BCUT2D eigenvalue weighted by Gasteiger charge is -2.35. The summed E-state index contributed by atoms with van der Waals surface area (Å²) in [5.41, 5.74) is 8.74. The van der Waals surface area contributed by atoms with E-state index in [4.69, 9.17) is 5.73 Å². The summed E-state index contributed by atoms with van der Waals surface area (Å²) in [4.78, 5) is 23.2. The monoisotopic (exact) mass is 380 g/mol. The quantitative estimate of drug-likeness (QED) is 0.794. The maximum atomic E-state index is 11.7. The van der Waals surface area contributed by atoms with Crippen LogP contribution in [0.5, 0.6) is 0 Å². The zero-order valence-corrected chi connectivity index (χ0v) is 16.4. The summed E-state index contributed by atoms with van der Waals surface area (Å²) in [5.74, 6) is 0.802. The van der Waals surface area contributed by atoms with Crippen LogP contribution in [0.4, 0.5) is 0 Å². The summed E-state index contributed by atoms with van der Waals surface area (Å²) in [5, 5.41) is 3.02. The zero-order chi connectivity index (χ0) is 17.8. The number of hydrogen-bond acceptors (Lipinski definition) is 5. The molecule has 1 fully saturated rings. The molecular formula is C18H29ClN6O. The molecule has 144 valence electrons. The number of likely N-dealkylation sites (tertiary alicyclic amines) is 1. The molecule has 1 unspecified atom stereocenters. The molecule has 0 aliphatic carbocycles. The van der Waals surface area contributed by atoms with Crippen molar-refractivity contribution in [1.29, 1.82) is 0 Å².